The summed E-state index contributed by atoms with van der Waals surface area (Å²) in [4.78, 5) is 2.61. The minimum Gasteiger partial charge on any atom is -0.399 e. The predicted molar refractivity (Wildman–Crippen MR) is 74.2 cm³/mol. The molecule has 0 saturated carbocycles. The van der Waals surface area contributed by atoms with Crippen LogP contribution >= 0.6 is 0 Å². The van der Waals surface area contributed by atoms with Gasteiger partial charge < -0.3 is 10.6 Å². The molecular formula is C15H24N2. The van der Waals surface area contributed by atoms with Gasteiger partial charge in [-0.2, -0.15) is 0 Å². The Balaban J connectivity index is 1.95. The van der Waals surface area contributed by atoms with E-state index in [2.05, 4.69) is 36.9 Å². The largest absolute Gasteiger partial charge is 0.399 e. The van der Waals surface area contributed by atoms with Crippen molar-refractivity contribution in [1.82, 2.24) is 4.90 Å². The molecule has 1 unspecified atom stereocenters. The Morgan fingerprint density at radius 1 is 1.35 bits per heavy atom. The summed E-state index contributed by atoms with van der Waals surface area (Å²) < 4.78 is 0. The molecule has 2 nitrogen and oxygen atoms in total. The van der Waals surface area contributed by atoms with Gasteiger partial charge in [-0.3, -0.25) is 0 Å². The van der Waals surface area contributed by atoms with E-state index in [1.165, 1.54) is 37.9 Å². The van der Waals surface area contributed by atoms with Crippen LogP contribution in [0.25, 0.3) is 0 Å². The molecule has 94 valence electrons. The molecule has 0 amide bonds. The third-order valence-electron chi connectivity index (χ3n) is 4.13. The van der Waals surface area contributed by atoms with Crippen LogP contribution in [0.4, 0.5) is 5.69 Å². The van der Waals surface area contributed by atoms with Crippen LogP contribution in [0, 0.1) is 0 Å². The molecule has 1 atom stereocenters. The van der Waals surface area contributed by atoms with Crippen LogP contribution in [-0.2, 0) is 0 Å². The van der Waals surface area contributed by atoms with E-state index < -0.39 is 0 Å². The van der Waals surface area contributed by atoms with Gasteiger partial charge in [0.1, 0.15) is 0 Å². The minimum absolute atomic E-state index is 0.707. The Kier molecular flexibility index (Phi) is 4.06. The van der Waals surface area contributed by atoms with Gasteiger partial charge in [-0.05, 0) is 62.9 Å². The van der Waals surface area contributed by atoms with Crippen molar-refractivity contribution in [2.24, 2.45) is 0 Å². The zero-order valence-corrected chi connectivity index (χ0v) is 11.0. The Hall–Kier alpha value is -1.02. The molecule has 2 rings (SSSR count). The maximum atomic E-state index is 5.85. The smallest absolute Gasteiger partial charge is 0.0316 e. The van der Waals surface area contributed by atoms with E-state index in [4.69, 9.17) is 5.73 Å². The van der Waals surface area contributed by atoms with Gasteiger partial charge in [0.15, 0.2) is 0 Å². The molecule has 0 aliphatic carbocycles. The monoisotopic (exact) mass is 232 g/mol. The average molecular weight is 232 g/mol. The molecular weight excluding hydrogens is 208 g/mol. The van der Waals surface area contributed by atoms with Crippen molar-refractivity contribution in [1.29, 1.82) is 0 Å². The standard InChI is InChI=1S/C15H24N2/c1-3-12(2)17-9-7-13(8-10-17)14-5-4-6-15(16)11-14/h4-6,11-13H,3,7-10,16H2,1-2H3. The Labute approximate surface area is 105 Å². The maximum Gasteiger partial charge on any atom is 0.0316 e. The first-order valence-corrected chi connectivity index (χ1v) is 6.80. The van der Waals surface area contributed by atoms with Crippen molar-refractivity contribution in [3.05, 3.63) is 29.8 Å². The SMILES string of the molecule is CCC(C)N1CCC(c2cccc(N)c2)CC1. The molecule has 2 heteroatoms. The minimum atomic E-state index is 0.707. The topological polar surface area (TPSA) is 29.3 Å². The second-order valence-corrected chi connectivity index (χ2v) is 5.24. The maximum absolute atomic E-state index is 5.85. The molecule has 2 N–H and O–H groups in total. The van der Waals surface area contributed by atoms with Crippen LogP contribution in [0.3, 0.4) is 0 Å². The highest BCUT2D eigenvalue weighted by atomic mass is 15.2. The van der Waals surface area contributed by atoms with Crippen molar-refractivity contribution in [3.8, 4) is 0 Å². The van der Waals surface area contributed by atoms with Crippen molar-refractivity contribution in [2.45, 2.75) is 45.1 Å². The number of nitrogen functional groups attached to an aromatic ring is 1. The average Bonchev–Trinajstić information content (AvgIpc) is 2.38. The van der Waals surface area contributed by atoms with Crippen LogP contribution < -0.4 is 5.73 Å². The summed E-state index contributed by atoms with van der Waals surface area (Å²) in [6, 6.07) is 9.14. The van der Waals surface area contributed by atoms with Crippen molar-refractivity contribution in [3.63, 3.8) is 0 Å². The molecule has 17 heavy (non-hydrogen) atoms. The lowest BCUT2D eigenvalue weighted by Crippen LogP contribution is -2.39. The summed E-state index contributed by atoms with van der Waals surface area (Å²) in [6.07, 6.45) is 3.80. The van der Waals surface area contributed by atoms with Crippen LogP contribution in [0.2, 0.25) is 0 Å². The van der Waals surface area contributed by atoms with Crippen molar-refractivity contribution >= 4 is 5.69 Å². The van der Waals surface area contributed by atoms with Gasteiger partial charge in [-0.25, -0.2) is 0 Å². The fraction of sp³-hybridized carbons (Fsp3) is 0.600. The molecule has 1 aliphatic heterocycles. The number of likely N-dealkylation sites (tertiary alicyclic amines) is 1. The number of hydrogen-bond donors (Lipinski definition) is 1. The zero-order chi connectivity index (χ0) is 12.3. The molecule has 1 aliphatic rings. The Morgan fingerprint density at radius 3 is 2.65 bits per heavy atom. The van der Waals surface area contributed by atoms with Gasteiger partial charge in [0.2, 0.25) is 0 Å². The first kappa shape index (κ1) is 12.4. The Bertz CT molecular complexity index is 354. The second kappa shape index (κ2) is 5.54. The molecule has 1 saturated heterocycles. The number of piperidine rings is 1. The van der Waals surface area contributed by atoms with E-state index >= 15 is 0 Å². The number of nitrogens with zero attached hydrogens (tertiary/aromatic N) is 1. The number of anilines is 1. The fourth-order valence-electron chi connectivity index (χ4n) is 2.74. The van der Waals surface area contributed by atoms with E-state index in [0.717, 1.165) is 11.7 Å². The van der Waals surface area contributed by atoms with Crippen LogP contribution in [0.1, 0.15) is 44.6 Å². The summed E-state index contributed by atoms with van der Waals surface area (Å²) in [5.74, 6) is 0.707. The van der Waals surface area contributed by atoms with Gasteiger partial charge in [-0.1, -0.05) is 19.1 Å². The molecule has 0 bridgehead atoms. The molecule has 1 aromatic rings. The summed E-state index contributed by atoms with van der Waals surface area (Å²) >= 11 is 0. The van der Waals surface area contributed by atoms with E-state index in [0.29, 0.717) is 5.92 Å². The van der Waals surface area contributed by atoms with Gasteiger partial charge in [-0.15, -0.1) is 0 Å². The highest BCUT2D eigenvalue weighted by Crippen LogP contribution is 2.29. The van der Waals surface area contributed by atoms with Gasteiger partial charge in [0, 0.05) is 11.7 Å². The van der Waals surface area contributed by atoms with Crippen molar-refractivity contribution in [2.75, 3.05) is 18.8 Å². The molecule has 1 aromatic carbocycles. The first-order valence-electron chi connectivity index (χ1n) is 6.80. The van der Waals surface area contributed by atoms with Crippen LogP contribution in [0.5, 0.6) is 0 Å². The third-order valence-corrected chi connectivity index (χ3v) is 4.13. The number of benzene rings is 1. The molecule has 1 fully saturated rings. The highest BCUT2D eigenvalue weighted by Gasteiger charge is 2.22. The van der Waals surface area contributed by atoms with Gasteiger partial charge in [0.05, 0.1) is 0 Å². The van der Waals surface area contributed by atoms with E-state index in [9.17, 15) is 0 Å². The summed E-state index contributed by atoms with van der Waals surface area (Å²) in [5.41, 5.74) is 8.17. The van der Waals surface area contributed by atoms with Gasteiger partial charge >= 0.3 is 0 Å². The van der Waals surface area contributed by atoms with E-state index in [1.807, 2.05) is 6.07 Å². The Morgan fingerprint density at radius 2 is 2.06 bits per heavy atom. The van der Waals surface area contributed by atoms with E-state index in [1.54, 1.807) is 0 Å². The number of rotatable bonds is 3. The summed E-state index contributed by atoms with van der Waals surface area (Å²) in [6.45, 7) is 7.07. The molecule has 0 radical (unpaired) electrons. The highest BCUT2D eigenvalue weighted by molar-refractivity contribution is 5.41. The van der Waals surface area contributed by atoms with E-state index in [-0.39, 0.29) is 0 Å². The second-order valence-electron chi connectivity index (χ2n) is 5.24. The van der Waals surface area contributed by atoms with Gasteiger partial charge in [0.25, 0.3) is 0 Å². The summed E-state index contributed by atoms with van der Waals surface area (Å²) in [5, 5.41) is 0. The lowest BCUT2D eigenvalue weighted by molar-refractivity contribution is 0.158. The number of hydrogen-bond acceptors (Lipinski definition) is 2. The lowest BCUT2D eigenvalue weighted by Gasteiger charge is -2.36. The van der Waals surface area contributed by atoms with Crippen LogP contribution in [-0.4, -0.2) is 24.0 Å². The quantitative estimate of drug-likeness (QED) is 0.811. The van der Waals surface area contributed by atoms with Crippen LogP contribution in [0.15, 0.2) is 24.3 Å². The number of nitrogens with two attached hydrogens (primary N) is 1. The first-order chi connectivity index (χ1) is 8.20. The fourth-order valence-corrected chi connectivity index (χ4v) is 2.74. The molecule has 0 spiro atoms. The van der Waals surface area contributed by atoms with Crippen molar-refractivity contribution < 1.29 is 0 Å². The lowest BCUT2D eigenvalue weighted by atomic mass is 9.88. The normalized spacial score (nSPS) is 20.4. The zero-order valence-electron chi connectivity index (χ0n) is 11.0. The molecule has 1 heterocycles. The summed E-state index contributed by atoms with van der Waals surface area (Å²) in [7, 11) is 0. The molecule has 0 aromatic heterocycles. The third kappa shape index (κ3) is 3.01. The predicted octanol–water partition coefficient (Wildman–Crippen LogP) is 3.25.